The van der Waals surface area contributed by atoms with Gasteiger partial charge < -0.3 is 19.7 Å². The largest absolute Gasteiger partial charge is 0.494 e. The summed E-state index contributed by atoms with van der Waals surface area (Å²) in [6.07, 6.45) is 0.409. The fourth-order valence-corrected chi connectivity index (χ4v) is 2.23. The molecule has 1 aromatic carbocycles. The molecule has 0 aliphatic carbocycles. The molecule has 0 saturated carbocycles. The Morgan fingerprint density at radius 3 is 2.82 bits per heavy atom. The van der Waals surface area contributed by atoms with Gasteiger partial charge in [0.2, 0.25) is 0 Å². The minimum absolute atomic E-state index is 0. The number of hydrogen-bond donors (Lipinski definition) is 1. The Labute approximate surface area is 142 Å². The second kappa shape index (κ2) is 9.90. The van der Waals surface area contributed by atoms with E-state index in [1.807, 2.05) is 12.1 Å². The molecule has 0 bridgehead atoms. The van der Waals surface area contributed by atoms with Crippen LogP contribution < -0.4 is 10.1 Å². The molecule has 124 valence electrons. The van der Waals surface area contributed by atoms with Gasteiger partial charge in [0, 0.05) is 31.7 Å². The zero-order valence-electron chi connectivity index (χ0n) is 12.6. The molecular weight excluding hydrogens is 327 g/mol. The number of halogens is 2. The Kier molecular flexibility index (Phi) is 8.56. The average Bonchev–Trinajstić information content (AvgIpc) is 2.53. The highest BCUT2D eigenvalue weighted by Crippen LogP contribution is 2.15. The maximum absolute atomic E-state index is 12.1. The molecule has 0 aromatic heterocycles. The van der Waals surface area contributed by atoms with E-state index in [1.165, 1.54) is 0 Å². The van der Waals surface area contributed by atoms with Crippen molar-refractivity contribution in [3.63, 3.8) is 0 Å². The number of nitrogens with zero attached hydrogens (tertiary/aromatic N) is 1. The minimum atomic E-state index is -0.360. The molecule has 7 heteroatoms. The normalized spacial score (nSPS) is 17.5. The smallest absolute Gasteiger partial charge is 0.252 e. The van der Waals surface area contributed by atoms with Crippen LogP contribution in [0.4, 0.5) is 0 Å². The van der Waals surface area contributed by atoms with Crippen LogP contribution in [0.15, 0.2) is 24.3 Å². The quantitative estimate of drug-likeness (QED) is 0.798. The van der Waals surface area contributed by atoms with E-state index in [2.05, 4.69) is 5.32 Å². The summed E-state index contributed by atoms with van der Waals surface area (Å²) in [5, 5.41) is 3.84. The number of rotatable bonds is 6. The minimum Gasteiger partial charge on any atom is -0.494 e. The summed E-state index contributed by atoms with van der Waals surface area (Å²) in [4.78, 5) is 13.8. The van der Waals surface area contributed by atoms with E-state index in [1.54, 1.807) is 24.1 Å². The van der Waals surface area contributed by atoms with Crippen molar-refractivity contribution in [2.24, 2.45) is 0 Å². The van der Waals surface area contributed by atoms with E-state index >= 15 is 0 Å². The molecule has 1 atom stereocenters. The lowest BCUT2D eigenvalue weighted by Gasteiger charge is -2.27. The zero-order chi connectivity index (χ0) is 15.1. The van der Waals surface area contributed by atoms with E-state index in [0.717, 1.165) is 18.7 Å². The lowest BCUT2D eigenvalue weighted by atomic mass is 10.2. The molecule has 1 unspecified atom stereocenters. The number of morpholine rings is 1. The van der Waals surface area contributed by atoms with Gasteiger partial charge in [-0.25, -0.2) is 0 Å². The Bertz CT molecular complexity index is 451. The number of benzene rings is 1. The highest BCUT2D eigenvalue weighted by atomic mass is 35.5. The fourth-order valence-electron chi connectivity index (χ4n) is 2.10. The molecular formula is C15H22Cl2N2O3. The first-order valence-corrected chi connectivity index (χ1v) is 7.50. The molecule has 1 amide bonds. The fraction of sp³-hybridized carbons (Fsp3) is 0.533. The van der Waals surface area contributed by atoms with E-state index in [-0.39, 0.29) is 24.4 Å². The number of hydrogen-bond acceptors (Lipinski definition) is 4. The molecule has 1 heterocycles. The van der Waals surface area contributed by atoms with E-state index in [0.29, 0.717) is 31.3 Å². The van der Waals surface area contributed by atoms with Gasteiger partial charge in [-0.15, -0.1) is 12.4 Å². The van der Waals surface area contributed by atoms with Gasteiger partial charge in [-0.3, -0.25) is 4.79 Å². The predicted molar refractivity (Wildman–Crippen MR) is 89.1 cm³/mol. The third-order valence-corrected chi connectivity index (χ3v) is 3.55. The van der Waals surface area contributed by atoms with Gasteiger partial charge in [-0.05, 0) is 30.7 Å². The molecule has 1 N–H and O–H groups in total. The van der Waals surface area contributed by atoms with Crippen LogP contribution in [0.3, 0.4) is 0 Å². The van der Waals surface area contributed by atoms with E-state index < -0.39 is 0 Å². The Hall–Kier alpha value is -1.01. The summed E-state index contributed by atoms with van der Waals surface area (Å²) in [7, 11) is 1.79. The summed E-state index contributed by atoms with van der Waals surface area (Å²) in [6.45, 7) is 3.19. The maximum Gasteiger partial charge on any atom is 0.252 e. The highest BCUT2D eigenvalue weighted by Gasteiger charge is 2.24. The molecule has 1 aliphatic heterocycles. The SMILES string of the molecule is CN(CCCOc1ccc(Cl)cc1)C(=O)C1CNCCO1.Cl. The number of carbonyl (C=O) groups is 1. The van der Waals surface area contributed by atoms with Crippen molar-refractivity contribution in [2.45, 2.75) is 12.5 Å². The number of carbonyl (C=O) groups excluding carboxylic acids is 1. The standard InChI is InChI=1S/C15H21ClN2O3.ClH/c1-18(15(19)14-11-17-7-10-21-14)8-2-9-20-13-5-3-12(16)4-6-13;/h3-6,14,17H,2,7-11H2,1H3;1H. The maximum atomic E-state index is 12.1. The third kappa shape index (κ3) is 6.01. The summed E-state index contributed by atoms with van der Waals surface area (Å²) in [5.41, 5.74) is 0. The van der Waals surface area contributed by atoms with Crippen LogP contribution >= 0.6 is 24.0 Å². The van der Waals surface area contributed by atoms with Crippen molar-refractivity contribution in [1.29, 1.82) is 0 Å². The van der Waals surface area contributed by atoms with Crippen molar-refractivity contribution in [2.75, 3.05) is 39.9 Å². The van der Waals surface area contributed by atoms with Gasteiger partial charge in [0.1, 0.15) is 11.9 Å². The van der Waals surface area contributed by atoms with Crippen molar-refractivity contribution in [3.8, 4) is 5.75 Å². The third-order valence-electron chi connectivity index (χ3n) is 3.30. The van der Waals surface area contributed by atoms with Gasteiger partial charge >= 0.3 is 0 Å². The van der Waals surface area contributed by atoms with Crippen LogP contribution in [-0.2, 0) is 9.53 Å². The first-order chi connectivity index (χ1) is 10.2. The van der Waals surface area contributed by atoms with Crippen molar-refractivity contribution in [1.82, 2.24) is 10.2 Å². The molecule has 1 aliphatic rings. The summed E-state index contributed by atoms with van der Waals surface area (Å²) >= 11 is 5.81. The van der Waals surface area contributed by atoms with Crippen LogP contribution in [0.1, 0.15) is 6.42 Å². The molecule has 1 saturated heterocycles. The monoisotopic (exact) mass is 348 g/mol. The van der Waals surface area contributed by atoms with Crippen molar-refractivity contribution in [3.05, 3.63) is 29.3 Å². The summed E-state index contributed by atoms with van der Waals surface area (Å²) < 4.78 is 11.0. The lowest BCUT2D eigenvalue weighted by molar-refractivity contribution is -0.143. The van der Waals surface area contributed by atoms with Crippen LogP contribution in [0.5, 0.6) is 5.75 Å². The molecule has 1 aromatic rings. The number of ether oxygens (including phenoxy) is 2. The molecule has 22 heavy (non-hydrogen) atoms. The van der Waals surface area contributed by atoms with E-state index in [4.69, 9.17) is 21.1 Å². The van der Waals surface area contributed by atoms with Gasteiger partial charge in [0.15, 0.2) is 0 Å². The molecule has 5 nitrogen and oxygen atoms in total. The summed E-state index contributed by atoms with van der Waals surface area (Å²) in [6, 6.07) is 7.25. The van der Waals surface area contributed by atoms with E-state index in [9.17, 15) is 4.79 Å². The molecule has 0 spiro atoms. The zero-order valence-corrected chi connectivity index (χ0v) is 14.2. The molecule has 2 rings (SSSR count). The van der Waals surface area contributed by atoms with Crippen molar-refractivity contribution < 1.29 is 14.3 Å². The number of likely N-dealkylation sites (N-methyl/N-ethyl adjacent to an activating group) is 1. The van der Waals surface area contributed by atoms with Gasteiger partial charge in [-0.1, -0.05) is 11.6 Å². The van der Waals surface area contributed by atoms with Crippen LogP contribution in [0, 0.1) is 0 Å². The Morgan fingerprint density at radius 1 is 1.45 bits per heavy atom. The number of nitrogens with one attached hydrogen (secondary N) is 1. The highest BCUT2D eigenvalue weighted by molar-refractivity contribution is 6.30. The lowest BCUT2D eigenvalue weighted by Crippen LogP contribution is -2.48. The van der Waals surface area contributed by atoms with Gasteiger partial charge in [-0.2, -0.15) is 0 Å². The second-order valence-corrected chi connectivity index (χ2v) is 5.42. The Morgan fingerprint density at radius 2 is 2.18 bits per heavy atom. The topological polar surface area (TPSA) is 50.8 Å². The van der Waals surface area contributed by atoms with Crippen molar-refractivity contribution >= 4 is 29.9 Å². The van der Waals surface area contributed by atoms with Gasteiger partial charge in [0.25, 0.3) is 5.91 Å². The second-order valence-electron chi connectivity index (χ2n) is 4.98. The molecule has 1 fully saturated rings. The first-order valence-electron chi connectivity index (χ1n) is 7.12. The molecule has 0 radical (unpaired) electrons. The predicted octanol–water partition coefficient (Wildman–Crippen LogP) is 1.98. The van der Waals surface area contributed by atoms with Crippen LogP contribution in [0.2, 0.25) is 5.02 Å². The first kappa shape index (κ1) is 19.0. The Balaban J connectivity index is 0.00000242. The van der Waals surface area contributed by atoms with Gasteiger partial charge in [0.05, 0.1) is 13.2 Å². The average molecular weight is 349 g/mol. The summed E-state index contributed by atoms with van der Waals surface area (Å²) in [5.74, 6) is 0.807. The van der Waals surface area contributed by atoms with Crippen LogP contribution in [0.25, 0.3) is 0 Å². The van der Waals surface area contributed by atoms with Crippen LogP contribution in [-0.4, -0.2) is 56.8 Å². The number of amides is 1.